The first-order valence-electron chi connectivity index (χ1n) is 4.49. The molecule has 0 unspecified atom stereocenters. The molecule has 1 N–H and O–H groups in total. The van der Waals surface area contributed by atoms with Crippen molar-refractivity contribution in [3.63, 3.8) is 0 Å². The number of hydrogen-bond donors (Lipinski definition) is 1. The zero-order valence-corrected chi connectivity index (χ0v) is 8.92. The molecule has 0 radical (unpaired) electrons. The summed E-state index contributed by atoms with van der Waals surface area (Å²) in [7, 11) is 0. The third-order valence-electron chi connectivity index (χ3n) is 1.85. The fraction of sp³-hybridized carbons (Fsp3) is 0.111. The molecule has 82 valence electrons. The van der Waals surface area contributed by atoms with Crippen LogP contribution in [-0.2, 0) is 4.79 Å². The van der Waals surface area contributed by atoms with Crippen molar-refractivity contribution >= 4 is 23.2 Å². The molecule has 2 rings (SSSR count). The lowest BCUT2D eigenvalue weighted by Gasteiger charge is -2.03. The number of amides is 1. The van der Waals surface area contributed by atoms with E-state index in [1.807, 2.05) is 0 Å². The molecule has 0 bridgehead atoms. The minimum atomic E-state index is -0.242. The number of nitrogens with zero attached hydrogens (tertiary/aromatic N) is 4. The SMILES string of the molecule is O=C(CCl)Nc1ccc(-n2ncnn2)cc1. The third kappa shape index (κ3) is 2.34. The third-order valence-corrected chi connectivity index (χ3v) is 2.10. The number of aromatic nitrogens is 4. The molecule has 0 aliphatic heterocycles. The lowest BCUT2D eigenvalue weighted by molar-refractivity contribution is -0.113. The molecule has 1 aromatic heterocycles. The van der Waals surface area contributed by atoms with E-state index in [4.69, 9.17) is 11.6 Å². The van der Waals surface area contributed by atoms with Gasteiger partial charge in [-0.1, -0.05) is 0 Å². The number of carbonyl (C=O) groups excluding carboxylic acids is 1. The van der Waals surface area contributed by atoms with E-state index in [9.17, 15) is 4.79 Å². The summed E-state index contributed by atoms with van der Waals surface area (Å²) in [4.78, 5) is 12.4. The van der Waals surface area contributed by atoms with Crippen LogP contribution in [-0.4, -0.2) is 32.0 Å². The number of alkyl halides is 1. The van der Waals surface area contributed by atoms with Crippen LogP contribution in [0.5, 0.6) is 0 Å². The van der Waals surface area contributed by atoms with Gasteiger partial charge in [0.05, 0.1) is 5.69 Å². The number of benzene rings is 1. The van der Waals surface area contributed by atoms with Gasteiger partial charge in [-0.3, -0.25) is 4.79 Å². The normalized spacial score (nSPS) is 10.1. The second kappa shape index (κ2) is 4.71. The van der Waals surface area contributed by atoms with Crippen LogP contribution in [0.25, 0.3) is 5.69 Å². The van der Waals surface area contributed by atoms with Crippen LogP contribution in [0.4, 0.5) is 5.69 Å². The summed E-state index contributed by atoms with van der Waals surface area (Å²) in [5.74, 6) is -0.305. The number of anilines is 1. The van der Waals surface area contributed by atoms with Crippen molar-refractivity contribution in [3.05, 3.63) is 30.6 Å². The summed E-state index contributed by atoms with van der Waals surface area (Å²) >= 11 is 5.37. The summed E-state index contributed by atoms with van der Waals surface area (Å²) in [5, 5.41) is 13.8. The number of tetrazole rings is 1. The fourth-order valence-electron chi connectivity index (χ4n) is 1.16. The molecule has 0 atom stereocenters. The summed E-state index contributed by atoms with van der Waals surface area (Å²) < 4.78 is 0. The number of carbonyl (C=O) groups is 1. The molecule has 0 aliphatic carbocycles. The van der Waals surface area contributed by atoms with Crippen LogP contribution in [0.15, 0.2) is 30.6 Å². The first-order valence-corrected chi connectivity index (χ1v) is 5.02. The number of nitrogens with one attached hydrogen (secondary N) is 1. The van der Waals surface area contributed by atoms with Gasteiger partial charge in [-0.15, -0.1) is 26.6 Å². The molecular formula is C9H8ClN5O. The molecule has 7 heteroatoms. The van der Waals surface area contributed by atoms with Crippen molar-refractivity contribution in [2.75, 3.05) is 11.2 Å². The minimum Gasteiger partial charge on any atom is -0.325 e. The summed E-state index contributed by atoms with van der Waals surface area (Å²) in [5.41, 5.74) is 1.44. The predicted molar refractivity (Wildman–Crippen MR) is 58.5 cm³/mol. The van der Waals surface area contributed by atoms with Crippen LogP contribution in [0.2, 0.25) is 0 Å². The lowest BCUT2D eigenvalue weighted by Crippen LogP contribution is -2.12. The van der Waals surface area contributed by atoms with Gasteiger partial charge in [0, 0.05) is 5.69 Å². The Bertz CT molecular complexity index is 467. The monoisotopic (exact) mass is 237 g/mol. The highest BCUT2D eigenvalue weighted by Gasteiger charge is 2.01. The van der Waals surface area contributed by atoms with Crippen molar-refractivity contribution < 1.29 is 4.79 Å². The molecule has 0 spiro atoms. The fourth-order valence-corrected chi connectivity index (χ4v) is 1.22. The van der Waals surface area contributed by atoms with Crippen molar-refractivity contribution in [2.24, 2.45) is 0 Å². The molecular weight excluding hydrogens is 230 g/mol. The standard InChI is InChI=1S/C9H8ClN5O/c10-5-9(16)13-7-1-3-8(4-2-7)15-12-6-11-14-15/h1-4,6H,5H2,(H,13,16). The van der Waals surface area contributed by atoms with Crippen molar-refractivity contribution in [2.45, 2.75) is 0 Å². The first-order chi connectivity index (χ1) is 7.79. The maximum atomic E-state index is 11.0. The van der Waals surface area contributed by atoms with Gasteiger partial charge in [0.1, 0.15) is 5.88 Å². The van der Waals surface area contributed by atoms with Crippen LogP contribution < -0.4 is 5.32 Å². The van der Waals surface area contributed by atoms with Gasteiger partial charge in [0.15, 0.2) is 6.33 Å². The lowest BCUT2D eigenvalue weighted by atomic mass is 10.3. The Balaban J connectivity index is 2.14. The second-order valence-corrected chi connectivity index (χ2v) is 3.22. The highest BCUT2D eigenvalue weighted by molar-refractivity contribution is 6.29. The molecule has 16 heavy (non-hydrogen) atoms. The van der Waals surface area contributed by atoms with Gasteiger partial charge in [0.2, 0.25) is 5.91 Å². The first kappa shape index (κ1) is 10.6. The topological polar surface area (TPSA) is 72.7 Å². The van der Waals surface area contributed by atoms with E-state index in [0.717, 1.165) is 5.69 Å². The van der Waals surface area contributed by atoms with Gasteiger partial charge in [0.25, 0.3) is 0 Å². The average Bonchev–Trinajstić information content (AvgIpc) is 2.83. The van der Waals surface area contributed by atoms with E-state index in [-0.39, 0.29) is 11.8 Å². The van der Waals surface area contributed by atoms with E-state index in [0.29, 0.717) is 5.69 Å². The van der Waals surface area contributed by atoms with Gasteiger partial charge in [-0.05, 0) is 29.5 Å². The Morgan fingerprint density at radius 3 is 2.69 bits per heavy atom. The van der Waals surface area contributed by atoms with Crippen LogP contribution >= 0.6 is 11.6 Å². The Labute approximate surface area is 96.2 Å². The number of halogens is 1. The summed E-state index contributed by atoms with van der Waals surface area (Å²) in [6, 6.07) is 7.02. The summed E-state index contributed by atoms with van der Waals surface area (Å²) in [6.45, 7) is 0. The minimum absolute atomic E-state index is 0.0631. The molecule has 0 aliphatic rings. The van der Waals surface area contributed by atoms with E-state index in [1.165, 1.54) is 11.1 Å². The van der Waals surface area contributed by atoms with Gasteiger partial charge < -0.3 is 5.32 Å². The zero-order chi connectivity index (χ0) is 11.4. The highest BCUT2D eigenvalue weighted by atomic mass is 35.5. The Kier molecular flexibility index (Phi) is 3.11. The van der Waals surface area contributed by atoms with Crippen LogP contribution in [0, 0.1) is 0 Å². The van der Waals surface area contributed by atoms with E-state index in [2.05, 4.69) is 20.7 Å². The Morgan fingerprint density at radius 1 is 1.38 bits per heavy atom. The second-order valence-electron chi connectivity index (χ2n) is 2.95. The van der Waals surface area contributed by atoms with E-state index in [1.54, 1.807) is 24.3 Å². The van der Waals surface area contributed by atoms with Crippen molar-refractivity contribution in [1.82, 2.24) is 20.2 Å². The molecule has 0 saturated heterocycles. The molecule has 1 amide bonds. The van der Waals surface area contributed by atoms with Crippen LogP contribution in [0.3, 0.4) is 0 Å². The maximum absolute atomic E-state index is 11.0. The largest absolute Gasteiger partial charge is 0.325 e. The quantitative estimate of drug-likeness (QED) is 0.803. The number of rotatable bonds is 3. The maximum Gasteiger partial charge on any atom is 0.239 e. The van der Waals surface area contributed by atoms with Crippen molar-refractivity contribution in [3.8, 4) is 5.69 Å². The zero-order valence-electron chi connectivity index (χ0n) is 8.17. The molecule has 1 aromatic carbocycles. The smallest absolute Gasteiger partial charge is 0.239 e. The average molecular weight is 238 g/mol. The molecule has 1 heterocycles. The molecule has 6 nitrogen and oxygen atoms in total. The molecule has 0 fully saturated rings. The summed E-state index contributed by atoms with van der Waals surface area (Å²) in [6.07, 6.45) is 1.35. The van der Waals surface area contributed by atoms with Gasteiger partial charge in [-0.2, -0.15) is 0 Å². The predicted octanol–water partition coefficient (Wildman–Crippen LogP) is 0.840. The van der Waals surface area contributed by atoms with E-state index >= 15 is 0 Å². The van der Waals surface area contributed by atoms with Gasteiger partial charge in [-0.25, -0.2) is 0 Å². The Morgan fingerprint density at radius 2 is 2.12 bits per heavy atom. The molecule has 2 aromatic rings. The number of hydrogen-bond acceptors (Lipinski definition) is 4. The van der Waals surface area contributed by atoms with Gasteiger partial charge >= 0.3 is 0 Å². The van der Waals surface area contributed by atoms with E-state index < -0.39 is 0 Å². The van der Waals surface area contributed by atoms with Crippen molar-refractivity contribution in [1.29, 1.82) is 0 Å². The highest BCUT2D eigenvalue weighted by Crippen LogP contribution is 2.11. The molecule has 0 saturated carbocycles. The Hall–Kier alpha value is -1.95. The van der Waals surface area contributed by atoms with Crippen LogP contribution in [0.1, 0.15) is 0 Å².